The molecule has 3 atom stereocenters. The van der Waals surface area contributed by atoms with E-state index < -0.39 is 0 Å². The van der Waals surface area contributed by atoms with E-state index in [2.05, 4.69) is 10.6 Å². The number of hydrogen-bond acceptors (Lipinski definition) is 3. The smallest absolute Gasteiger partial charge is 0.220 e. The summed E-state index contributed by atoms with van der Waals surface area (Å²) < 4.78 is 5.56. The van der Waals surface area contributed by atoms with Gasteiger partial charge in [-0.2, -0.15) is 0 Å². The zero-order chi connectivity index (χ0) is 13.1. The molecule has 0 radical (unpaired) electrons. The molecule has 1 amide bonds. The first kappa shape index (κ1) is 13.4. The lowest BCUT2D eigenvalue weighted by molar-refractivity contribution is -0.122. The van der Waals surface area contributed by atoms with Crippen molar-refractivity contribution in [2.75, 3.05) is 13.2 Å². The average Bonchev–Trinajstić information content (AvgIpc) is 2.99. The Labute approximate surface area is 115 Å². The predicted octanol–water partition coefficient (Wildman–Crippen LogP) is 1.59. The summed E-state index contributed by atoms with van der Waals surface area (Å²) in [5.74, 6) is 0.839. The summed E-state index contributed by atoms with van der Waals surface area (Å²) in [6.07, 6.45) is 9.41. The van der Waals surface area contributed by atoms with Gasteiger partial charge < -0.3 is 15.4 Å². The topological polar surface area (TPSA) is 50.4 Å². The van der Waals surface area contributed by atoms with Crippen LogP contribution < -0.4 is 10.6 Å². The lowest BCUT2D eigenvalue weighted by Crippen LogP contribution is -2.39. The van der Waals surface area contributed by atoms with Crippen LogP contribution in [0.4, 0.5) is 0 Å². The van der Waals surface area contributed by atoms with E-state index in [0.29, 0.717) is 24.1 Å². The number of ether oxygens (including phenoxy) is 1. The van der Waals surface area contributed by atoms with Gasteiger partial charge in [0.15, 0.2) is 0 Å². The third-order valence-corrected chi connectivity index (χ3v) is 4.86. The van der Waals surface area contributed by atoms with Crippen molar-refractivity contribution in [1.29, 1.82) is 0 Å². The largest absolute Gasteiger partial charge is 0.378 e. The molecule has 0 saturated carbocycles. The van der Waals surface area contributed by atoms with Crippen LogP contribution >= 0.6 is 0 Å². The highest BCUT2D eigenvalue weighted by Crippen LogP contribution is 2.32. The minimum Gasteiger partial charge on any atom is -0.378 e. The molecule has 3 saturated heterocycles. The Morgan fingerprint density at radius 3 is 2.68 bits per heavy atom. The van der Waals surface area contributed by atoms with Crippen LogP contribution in [0.25, 0.3) is 0 Å². The second kappa shape index (κ2) is 6.23. The van der Waals surface area contributed by atoms with E-state index in [4.69, 9.17) is 4.74 Å². The number of piperidine rings is 1. The molecule has 0 aromatic carbocycles. The lowest BCUT2D eigenvalue weighted by Gasteiger charge is -2.28. The van der Waals surface area contributed by atoms with Crippen molar-refractivity contribution in [2.45, 2.75) is 69.6 Å². The number of amides is 1. The third kappa shape index (κ3) is 3.69. The van der Waals surface area contributed by atoms with E-state index in [1.165, 1.54) is 32.1 Å². The van der Waals surface area contributed by atoms with Crippen molar-refractivity contribution in [2.24, 2.45) is 5.92 Å². The van der Waals surface area contributed by atoms with Gasteiger partial charge in [-0.15, -0.1) is 0 Å². The maximum atomic E-state index is 11.9. The number of rotatable bonds is 5. The van der Waals surface area contributed by atoms with Crippen LogP contribution in [0.5, 0.6) is 0 Å². The van der Waals surface area contributed by atoms with Crippen molar-refractivity contribution in [1.82, 2.24) is 10.6 Å². The fraction of sp³-hybridized carbons (Fsp3) is 0.933. The maximum Gasteiger partial charge on any atom is 0.220 e. The molecule has 3 unspecified atom stereocenters. The Morgan fingerprint density at radius 1 is 1.21 bits per heavy atom. The molecule has 2 N–H and O–H groups in total. The zero-order valence-electron chi connectivity index (χ0n) is 11.7. The Morgan fingerprint density at radius 2 is 2.00 bits per heavy atom. The van der Waals surface area contributed by atoms with Crippen molar-refractivity contribution >= 4 is 5.91 Å². The second-order valence-corrected chi connectivity index (χ2v) is 6.45. The Bertz CT molecular complexity index is 303. The molecule has 0 aromatic heterocycles. The molecular weight excluding hydrogens is 240 g/mol. The highest BCUT2D eigenvalue weighted by atomic mass is 16.5. The van der Waals surface area contributed by atoms with Crippen LogP contribution in [0.3, 0.4) is 0 Å². The fourth-order valence-corrected chi connectivity index (χ4v) is 3.92. The SMILES string of the molecule is O=C(CC1CC2CCC(C1)N2)NCCC1CCCO1. The number of carbonyl (C=O) groups excluding carboxylic acids is 1. The molecule has 4 heteroatoms. The Hall–Kier alpha value is -0.610. The molecule has 3 heterocycles. The number of hydrogen-bond donors (Lipinski definition) is 2. The Kier molecular flexibility index (Phi) is 4.38. The summed E-state index contributed by atoms with van der Waals surface area (Å²) in [6.45, 7) is 1.68. The lowest BCUT2D eigenvalue weighted by atomic mass is 9.89. The van der Waals surface area contributed by atoms with E-state index in [9.17, 15) is 4.79 Å². The molecule has 19 heavy (non-hydrogen) atoms. The predicted molar refractivity (Wildman–Crippen MR) is 73.9 cm³/mol. The summed E-state index contributed by atoms with van der Waals surface area (Å²) in [5.41, 5.74) is 0. The van der Waals surface area contributed by atoms with Crippen molar-refractivity contribution in [3.63, 3.8) is 0 Å². The monoisotopic (exact) mass is 266 g/mol. The quantitative estimate of drug-likeness (QED) is 0.794. The number of carbonyl (C=O) groups is 1. The van der Waals surface area contributed by atoms with Gasteiger partial charge in [0.1, 0.15) is 0 Å². The van der Waals surface area contributed by atoms with Gasteiger partial charge in [0, 0.05) is 31.7 Å². The van der Waals surface area contributed by atoms with Crippen LogP contribution in [0, 0.1) is 5.92 Å². The highest BCUT2D eigenvalue weighted by Gasteiger charge is 2.34. The molecule has 108 valence electrons. The van der Waals surface area contributed by atoms with Gasteiger partial charge in [0.25, 0.3) is 0 Å². The van der Waals surface area contributed by atoms with Crippen molar-refractivity contribution < 1.29 is 9.53 Å². The van der Waals surface area contributed by atoms with Crippen LogP contribution in [0.1, 0.15) is 51.4 Å². The third-order valence-electron chi connectivity index (χ3n) is 4.86. The summed E-state index contributed by atoms with van der Waals surface area (Å²) in [6, 6.07) is 1.37. The van der Waals surface area contributed by atoms with E-state index in [1.807, 2.05) is 0 Å². The molecule has 0 spiro atoms. The maximum absolute atomic E-state index is 11.9. The molecular formula is C15H26N2O2. The summed E-state index contributed by atoms with van der Waals surface area (Å²) >= 11 is 0. The molecule has 0 aromatic rings. The first-order valence-electron chi connectivity index (χ1n) is 7.94. The van der Waals surface area contributed by atoms with Crippen molar-refractivity contribution in [3.05, 3.63) is 0 Å². The minimum absolute atomic E-state index is 0.240. The summed E-state index contributed by atoms with van der Waals surface area (Å²) in [4.78, 5) is 11.9. The second-order valence-electron chi connectivity index (χ2n) is 6.45. The molecule has 3 aliphatic rings. The van der Waals surface area contributed by atoms with E-state index in [0.717, 1.165) is 32.4 Å². The van der Waals surface area contributed by atoms with Gasteiger partial charge in [-0.3, -0.25) is 4.79 Å². The molecule has 2 bridgehead atoms. The van der Waals surface area contributed by atoms with Gasteiger partial charge in [-0.25, -0.2) is 0 Å². The van der Waals surface area contributed by atoms with Crippen LogP contribution in [-0.2, 0) is 9.53 Å². The fourth-order valence-electron chi connectivity index (χ4n) is 3.92. The van der Waals surface area contributed by atoms with Gasteiger partial charge in [-0.05, 0) is 50.9 Å². The minimum atomic E-state index is 0.240. The number of nitrogens with one attached hydrogen (secondary N) is 2. The van der Waals surface area contributed by atoms with Gasteiger partial charge >= 0.3 is 0 Å². The van der Waals surface area contributed by atoms with E-state index >= 15 is 0 Å². The molecule has 3 rings (SSSR count). The van der Waals surface area contributed by atoms with Crippen LogP contribution in [0.15, 0.2) is 0 Å². The van der Waals surface area contributed by atoms with Gasteiger partial charge in [0.2, 0.25) is 5.91 Å². The molecule has 3 fully saturated rings. The summed E-state index contributed by atoms with van der Waals surface area (Å²) in [5, 5.41) is 6.69. The van der Waals surface area contributed by atoms with E-state index in [-0.39, 0.29) is 5.91 Å². The van der Waals surface area contributed by atoms with Gasteiger partial charge in [0.05, 0.1) is 6.10 Å². The first-order chi connectivity index (χ1) is 9.29. The number of fused-ring (bicyclic) bond motifs is 2. The standard InChI is InChI=1S/C15H26N2O2/c18-15(16-6-5-14-2-1-7-19-14)10-11-8-12-3-4-13(9-11)17-12/h11-14,17H,1-10H2,(H,16,18). The van der Waals surface area contributed by atoms with Crippen LogP contribution in [0.2, 0.25) is 0 Å². The van der Waals surface area contributed by atoms with Crippen LogP contribution in [-0.4, -0.2) is 37.2 Å². The first-order valence-corrected chi connectivity index (χ1v) is 7.94. The van der Waals surface area contributed by atoms with E-state index in [1.54, 1.807) is 0 Å². The molecule has 0 aliphatic carbocycles. The normalized spacial score (nSPS) is 37.5. The molecule has 4 nitrogen and oxygen atoms in total. The highest BCUT2D eigenvalue weighted by molar-refractivity contribution is 5.76. The zero-order valence-corrected chi connectivity index (χ0v) is 11.7. The Balaban J connectivity index is 1.32. The van der Waals surface area contributed by atoms with Gasteiger partial charge in [-0.1, -0.05) is 0 Å². The summed E-state index contributed by atoms with van der Waals surface area (Å²) in [7, 11) is 0. The average molecular weight is 266 g/mol. The van der Waals surface area contributed by atoms with Crippen molar-refractivity contribution in [3.8, 4) is 0 Å². The molecule has 3 aliphatic heterocycles.